The lowest BCUT2D eigenvalue weighted by molar-refractivity contribution is -0.227. The van der Waals surface area contributed by atoms with E-state index < -0.39 is 20.0 Å². The van der Waals surface area contributed by atoms with Crippen molar-refractivity contribution in [3.05, 3.63) is 0 Å². The molecule has 8 nitrogen and oxygen atoms in total. The molecule has 1 amide bonds. The number of rotatable bonds is 26. The Morgan fingerprint density at radius 3 is 1.77 bits per heavy atom. The molecular weight excluding hydrogens is 537 g/mol. The first-order valence-corrected chi connectivity index (χ1v) is 16.1. The van der Waals surface area contributed by atoms with Crippen molar-refractivity contribution in [2.75, 3.05) is 38.8 Å². The van der Waals surface area contributed by atoms with E-state index in [1.807, 2.05) is 0 Å². The Balaban J connectivity index is 3.48. The van der Waals surface area contributed by atoms with Crippen LogP contribution in [0.25, 0.3) is 0 Å². The smallest absolute Gasteiger partial charge is 0.407 e. The Hall–Kier alpha value is -0.180. The number of alkyl halides is 1. The summed E-state index contributed by atoms with van der Waals surface area (Å²) in [6.07, 6.45) is 19.7. The fraction of sp³-hybridized carbons (Fsp3) is 0.960. The third-order valence-corrected chi connectivity index (χ3v) is 7.07. The maximum absolute atomic E-state index is 11.8. The summed E-state index contributed by atoms with van der Waals surface area (Å²) in [5, 5.41) is 3.08. The van der Waals surface area contributed by atoms with E-state index >= 15 is 0 Å². The van der Waals surface area contributed by atoms with Crippen molar-refractivity contribution in [3.8, 4) is 0 Å². The molecule has 0 fully saturated rings. The van der Waals surface area contributed by atoms with Crippen LogP contribution in [0.4, 0.5) is 4.79 Å². The van der Waals surface area contributed by atoms with Gasteiger partial charge in [0.15, 0.2) is 0 Å². The number of alkyl carbamates (subject to hydrolysis) is 1. The van der Waals surface area contributed by atoms with Crippen LogP contribution in [-0.4, -0.2) is 51.0 Å². The zero-order chi connectivity index (χ0) is 26.0. The van der Waals surface area contributed by atoms with Crippen molar-refractivity contribution >= 4 is 29.8 Å². The standard InChI is InChI=1S/C25H51BrNO7P/c1-3-4-5-6-7-8-9-10-11-12-13-14-15-16-17-18-20-27-25(28)32-22-24(31-2)23-34-35(29,30)33-21-19-26/h24H,3-23H2,1-2H3,(H,27,28)(H,29,30)/p-1. The summed E-state index contributed by atoms with van der Waals surface area (Å²) in [5.74, 6) is 0. The van der Waals surface area contributed by atoms with Crippen LogP contribution in [-0.2, 0) is 23.1 Å². The molecule has 10 heteroatoms. The van der Waals surface area contributed by atoms with Crippen LogP contribution < -0.4 is 10.2 Å². The van der Waals surface area contributed by atoms with Crippen LogP contribution in [0.1, 0.15) is 110 Å². The fourth-order valence-electron chi connectivity index (χ4n) is 3.63. The third kappa shape index (κ3) is 25.3. The van der Waals surface area contributed by atoms with Gasteiger partial charge in [0.1, 0.15) is 12.7 Å². The van der Waals surface area contributed by atoms with E-state index in [0.29, 0.717) is 11.9 Å². The number of amides is 1. The molecule has 1 N–H and O–H groups in total. The summed E-state index contributed by atoms with van der Waals surface area (Å²) >= 11 is 3.07. The normalized spacial score (nSPS) is 13.9. The number of hydrogen-bond donors (Lipinski definition) is 1. The van der Waals surface area contributed by atoms with E-state index in [1.54, 1.807) is 0 Å². The summed E-state index contributed by atoms with van der Waals surface area (Å²) in [4.78, 5) is 23.3. The summed E-state index contributed by atoms with van der Waals surface area (Å²) < 4.78 is 31.0. The maximum atomic E-state index is 11.8. The van der Waals surface area contributed by atoms with E-state index in [1.165, 1.54) is 97.0 Å². The minimum atomic E-state index is -4.39. The second kappa shape index (κ2) is 25.5. The number of carbonyl (C=O) groups is 1. The molecule has 0 aromatic heterocycles. The predicted octanol–water partition coefficient (Wildman–Crippen LogP) is 6.89. The summed E-state index contributed by atoms with van der Waals surface area (Å²) in [6, 6.07) is 0. The van der Waals surface area contributed by atoms with Gasteiger partial charge >= 0.3 is 6.09 Å². The average Bonchev–Trinajstić information content (AvgIpc) is 2.84. The molecule has 0 saturated carbocycles. The van der Waals surface area contributed by atoms with E-state index in [2.05, 4.69) is 32.7 Å². The molecule has 0 aliphatic carbocycles. The van der Waals surface area contributed by atoms with Gasteiger partial charge in [0.25, 0.3) is 7.82 Å². The second-order valence-electron chi connectivity index (χ2n) is 8.95. The maximum Gasteiger partial charge on any atom is 0.407 e. The number of unbranched alkanes of at least 4 members (excludes halogenated alkanes) is 15. The van der Waals surface area contributed by atoms with Gasteiger partial charge in [-0.3, -0.25) is 4.57 Å². The number of carbonyl (C=O) groups excluding carboxylic acids is 1. The molecule has 0 bridgehead atoms. The van der Waals surface area contributed by atoms with Crippen LogP contribution in [0.15, 0.2) is 0 Å². The zero-order valence-electron chi connectivity index (χ0n) is 22.1. The van der Waals surface area contributed by atoms with Crippen molar-refractivity contribution < 1.29 is 32.8 Å². The molecule has 2 unspecified atom stereocenters. The molecule has 0 radical (unpaired) electrons. The van der Waals surface area contributed by atoms with Gasteiger partial charge in [-0.15, -0.1) is 0 Å². The van der Waals surface area contributed by atoms with Gasteiger partial charge in [-0.2, -0.15) is 0 Å². The van der Waals surface area contributed by atoms with E-state index in [0.717, 1.165) is 12.8 Å². The molecule has 0 aliphatic heterocycles. The predicted molar refractivity (Wildman–Crippen MR) is 143 cm³/mol. The number of phosphoric ester groups is 1. The highest BCUT2D eigenvalue weighted by atomic mass is 79.9. The third-order valence-electron chi connectivity index (χ3n) is 5.78. The lowest BCUT2D eigenvalue weighted by Gasteiger charge is -2.24. The first-order chi connectivity index (χ1) is 16.9. The number of ether oxygens (including phenoxy) is 2. The molecule has 0 aromatic rings. The van der Waals surface area contributed by atoms with Crippen molar-refractivity contribution in [2.24, 2.45) is 0 Å². The van der Waals surface area contributed by atoms with Gasteiger partial charge in [0, 0.05) is 19.0 Å². The molecule has 35 heavy (non-hydrogen) atoms. The summed E-state index contributed by atoms with van der Waals surface area (Å²) in [5.41, 5.74) is 0. The largest absolute Gasteiger partial charge is 0.756 e. The summed E-state index contributed by atoms with van der Waals surface area (Å²) in [6.45, 7) is 2.41. The van der Waals surface area contributed by atoms with Crippen LogP contribution >= 0.6 is 23.8 Å². The number of phosphoric acid groups is 1. The Morgan fingerprint density at radius 1 is 0.829 bits per heavy atom. The van der Waals surface area contributed by atoms with Gasteiger partial charge in [0.2, 0.25) is 0 Å². The fourth-order valence-corrected chi connectivity index (χ4v) is 4.78. The Morgan fingerprint density at radius 2 is 1.31 bits per heavy atom. The molecule has 0 aliphatic rings. The Labute approximate surface area is 222 Å². The van der Waals surface area contributed by atoms with Crippen LogP contribution in [0.5, 0.6) is 0 Å². The number of hydrogen-bond acceptors (Lipinski definition) is 7. The lowest BCUT2D eigenvalue weighted by Crippen LogP contribution is -2.31. The van der Waals surface area contributed by atoms with Crippen molar-refractivity contribution in [2.45, 2.75) is 116 Å². The molecule has 210 valence electrons. The van der Waals surface area contributed by atoms with Gasteiger partial charge in [0.05, 0.1) is 13.2 Å². The van der Waals surface area contributed by atoms with Crippen molar-refractivity contribution in [3.63, 3.8) is 0 Å². The van der Waals surface area contributed by atoms with E-state index in [-0.39, 0.29) is 19.8 Å². The van der Waals surface area contributed by atoms with Gasteiger partial charge in [-0.25, -0.2) is 4.79 Å². The van der Waals surface area contributed by atoms with Crippen LogP contribution in [0, 0.1) is 0 Å². The molecular formula is C25H50BrNO7P-. The zero-order valence-corrected chi connectivity index (χ0v) is 24.6. The Kier molecular flexibility index (Phi) is 25.3. The highest BCUT2D eigenvalue weighted by Crippen LogP contribution is 2.38. The summed E-state index contributed by atoms with van der Waals surface area (Å²) in [7, 11) is -3.00. The topological polar surface area (TPSA) is 106 Å². The van der Waals surface area contributed by atoms with Gasteiger partial charge in [-0.1, -0.05) is 119 Å². The molecule has 0 rings (SSSR count). The van der Waals surface area contributed by atoms with Crippen LogP contribution in [0.3, 0.4) is 0 Å². The molecule has 0 heterocycles. The minimum Gasteiger partial charge on any atom is -0.756 e. The quantitative estimate of drug-likeness (QED) is 0.0668. The molecule has 0 aromatic carbocycles. The van der Waals surface area contributed by atoms with Gasteiger partial charge in [-0.05, 0) is 6.42 Å². The van der Waals surface area contributed by atoms with Gasteiger partial charge < -0.3 is 28.7 Å². The lowest BCUT2D eigenvalue weighted by atomic mass is 10.0. The highest BCUT2D eigenvalue weighted by molar-refractivity contribution is 9.09. The van der Waals surface area contributed by atoms with Crippen molar-refractivity contribution in [1.82, 2.24) is 5.32 Å². The SMILES string of the molecule is CCCCCCCCCCCCCCCCCCNC(=O)OCC(COP(=O)([O-])OCCBr)OC. The average molecular weight is 588 g/mol. The van der Waals surface area contributed by atoms with E-state index in [4.69, 9.17) is 14.0 Å². The first kappa shape index (κ1) is 34.8. The molecule has 2 atom stereocenters. The number of methoxy groups -OCH3 is 1. The highest BCUT2D eigenvalue weighted by Gasteiger charge is 2.16. The first-order valence-electron chi connectivity index (χ1n) is 13.5. The monoisotopic (exact) mass is 586 g/mol. The number of halogens is 1. The molecule has 0 saturated heterocycles. The van der Waals surface area contributed by atoms with E-state index in [9.17, 15) is 14.3 Å². The number of nitrogens with one attached hydrogen (secondary N) is 1. The molecule has 0 spiro atoms. The second-order valence-corrected chi connectivity index (χ2v) is 11.2. The van der Waals surface area contributed by atoms with Crippen LogP contribution in [0.2, 0.25) is 0 Å². The minimum absolute atomic E-state index is 0.0172. The Bertz CT molecular complexity index is 528. The van der Waals surface area contributed by atoms with Crippen molar-refractivity contribution in [1.29, 1.82) is 0 Å².